The molecule has 94 valence electrons. The van der Waals surface area contributed by atoms with Gasteiger partial charge in [0.1, 0.15) is 5.82 Å². The third-order valence-electron chi connectivity index (χ3n) is 2.83. The van der Waals surface area contributed by atoms with Gasteiger partial charge in [-0.1, -0.05) is 12.1 Å². The van der Waals surface area contributed by atoms with Crippen molar-refractivity contribution in [3.63, 3.8) is 0 Å². The Kier molecular flexibility index (Phi) is 3.05. The summed E-state index contributed by atoms with van der Waals surface area (Å²) in [6.45, 7) is 0. The number of pyridine rings is 1. The van der Waals surface area contributed by atoms with E-state index in [0.717, 1.165) is 21.4 Å². The lowest BCUT2D eigenvalue weighted by atomic mass is 10.2. The average Bonchev–Trinajstić information content (AvgIpc) is 2.89. The lowest BCUT2D eigenvalue weighted by Gasteiger charge is -2.10. The molecule has 3 aromatic rings. The van der Waals surface area contributed by atoms with Crippen LogP contribution in [0.4, 0.5) is 5.82 Å². The van der Waals surface area contributed by atoms with Crippen molar-refractivity contribution >= 4 is 21.7 Å². The molecule has 0 aliphatic heterocycles. The Hall–Kier alpha value is -2.14. The van der Waals surface area contributed by atoms with Gasteiger partial charge in [0.05, 0.1) is 23.9 Å². The zero-order valence-corrected chi connectivity index (χ0v) is 11.6. The number of halogens is 1. The summed E-state index contributed by atoms with van der Waals surface area (Å²) < 4.78 is 3.02. The van der Waals surface area contributed by atoms with Crippen molar-refractivity contribution < 1.29 is 0 Å². The van der Waals surface area contributed by atoms with Gasteiger partial charge >= 0.3 is 0 Å². The van der Waals surface area contributed by atoms with Crippen molar-refractivity contribution in [3.05, 3.63) is 59.6 Å². The highest BCUT2D eigenvalue weighted by Crippen LogP contribution is 2.26. The Morgan fingerprint density at radius 3 is 2.63 bits per heavy atom. The van der Waals surface area contributed by atoms with Gasteiger partial charge in [0, 0.05) is 16.2 Å². The minimum absolute atomic E-state index is 0.510. The van der Waals surface area contributed by atoms with E-state index >= 15 is 0 Å². The smallest absolute Gasteiger partial charge is 0.123 e. The molecule has 0 saturated carbocycles. The van der Waals surface area contributed by atoms with Crippen molar-refractivity contribution in [3.8, 4) is 16.9 Å². The number of hydrogen-bond donors (Lipinski definition) is 1. The van der Waals surface area contributed by atoms with Crippen molar-refractivity contribution in [2.24, 2.45) is 0 Å². The molecule has 0 aliphatic rings. The molecule has 0 saturated heterocycles. The SMILES string of the molecule is Nc1ccc(-c2cncn2-c2ccccc2Br)cn1. The van der Waals surface area contributed by atoms with E-state index in [0.29, 0.717) is 5.82 Å². The van der Waals surface area contributed by atoms with Gasteiger partial charge in [-0.15, -0.1) is 0 Å². The van der Waals surface area contributed by atoms with E-state index in [9.17, 15) is 0 Å². The minimum atomic E-state index is 0.510. The van der Waals surface area contributed by atoms with Crippen LogP contribution in [0.5, 0.6) is 0 Å². The molecule has 0 radical (unpaired) electrons. The number of nitrogens with two attached hydrogens (primary N) is 1. The molecule has 19 heavy (non-hydrogen) atoms. The van der Waals surface area contributed by atoms with Gasteiger partial charge < -0.3 is 5.73 Å². The molecule has 0 spiro atoms. The standard InChI is InChI=1S/C14H11BrN4/c15-11-3-1-2-4-12(11)19-9-17-8-13(19)10-5-6-14(16)18-7-10/h1-9H,(H2,16,18). The molecule has 0 aliphatic carbocycles. The second kappa shape index (κ2) is 4.85. The van der Waals surface area contributed by atoms with Gasteiger partial charge in [-0.2, -0.15) is 0 Å². The zero-order valence-electron chi connectivity index (χ0n) is 9.99. The van der Waals surface area contributed by atoms with E-state index in [-0.39, 0.29) is 0 Å². The van der Waals surface area contributed by atoms with E-state index in [1.54, 1.807) is 18.6 Å². The number of hydrogen-bond acceptors (Lipinski definition) is 3. The van der Waals surface area contributed by atoms with Gasteiger partial charge in [0.2, 0.25) is 0 Å². The summed E-state index contributed by atoms with van der Waals surface area (Å²) in [6, 6.07) is 11.7. The number of anilines is 1. The van der Waals surface area contributed by atoms with Gasteiger partial charge in [0.15, 0.2) is 0 Å². The fourth-order valence-electron chi connectivity index (χ4n) is 1.90. The minimum Gasteiger partial charge on any atom is -0.384 e. The van der Waals surface area contributed by atoms with Crippen LogP contribution in [0.1, 0.15) is 0 Å². The Labute approximate surface area is 119 Å². The molecule has 0 atom stereocenters. The molecular formula is C14H11BrN4. The normalized spacial score (nSPS) is 10.6. The van der Waals surface area contributed by atoms with Crippen LogP contribution in [0.15, 0.2) is 59.6 Å². The topological polar surface area (TPSA) is 56.7 Å². The summed E-state index contributed by atoms with van der Waals surface area (Å²) in [4.78, 5) is 8.34. The van der Waals surface area contributed by atoms with Crippen molar-refractivity contribution in [2.75, 3.05) is 5.73 Å². The quantitative estimate of drug-likeness (QED) is 0.789. The van der Waals surface area contributed by atoms with Crippen LogP contribution in [0.25, 0.3) is 16.9 Å². The highest BCUT2D eigenvalue weighted by Gasteiger charge is 2.09. The van der Waals surface area contributed by atoms with Crippen molar-refractivity contribution in [1.82, 2.24) is 14.5 Å². The van der Waals surface area contributed by atoms with E-state index in [4.69, 9.17) is 5.73 Å². The number of para-hydroxylation sites is 1. The van der Waals surface area contributed by atoms with Gasteiger partial charge in [-0.25, -0.2) is 9.97 Å². The number of benzene rings is 1. The monoisotopic (exact) mass is 314 g/mol. The zero-order chi connectivity index (χ0) is 13.2. The molecule has 2 N–H and O–H groups in total. The van der Waals surface area contributed by atoms with Crippen LogP contribution in [-0.4, -0.2) is 14.5 Å². The predicted molar refractivity (Wildman–Crippen MR) is 78.9 cm³/mol. The van der Waals surface area contributed by atoms with E-state index < -0.39 is 0 Å². The molecule has 0 bridgehead atoms. The molecule has 0 fully saturated rings. The van der Waals surface area contributed by atoms with E-state index in [1.165, 1.54) is 0 Å². The third kappa shape index (κ3) is 2.24. The first kappa shape index (κ1) is 11.9. The third-order valence-corrected chi connectivity index (χ3v) is 3.50. The summed E-state index contributed by atoms with van der Waals surface area (Å²) in [5.74, 6) is 0.510. The van der Waals surface area contributed by atoms with E-state index in [1.807, 2.05) is 41.1 Å². The van der Waals surface area contributed by atoms with Crippen molar-refractivity contribution in [1.29, 1.82) is 0 Å². The van der Waals surface area contributed by atoms with Gasteiger partial charge in [0.25, 0.3) is 0 Å². The number of imidazole rings is 1. The second-order valence-electron chi connectivity index (χ2n) is 4.07. The predicted octanol–water partition coefficient (Wildman–Crippen LogP) is 3.28. The molecule has 5 heteroatoms. The Balaban J connectivity index is 2.13. The number of nitrogens with zero attached hydrogens (tertiary/aromatic N) is 3. The van der Waals surface area contributed by atoms with Crippen LogP contribution >= 0.6 is 15.9 Å². The Morgan fingerprint density at radius 2 is 1.89 bits per heavy atom. The number of aromatic nitrogens is 3. The first-order valence-corrected chi connectivity index (χ1v) is 6.54. The molecule has 2 heterocycles. The summed E-state index contributed by atoms with van der Waals surface area (Å²) in [5.41, 5.74) is 8.59. The van der Waals surface area contributed by atoms with Crippen LogP contribution in [0, 0.1) is 0 Å². The lowest BCUT2D eigenvalue weighted by Crippen LogP contribution is -1.97. The molecule has 4 nitrogen and oxygen atoms in total. The Bertz CT molecular complexity index is 703. The molecule has 1 aromatic carbocycles. The largest absolute Gasteiger partial charge is 0.384 e. The first-order valence-electron chi connectivity index (χ1n) is 5.75. The molecule has 3 rings (SSSR count). The van der Waals surface area contributed by atoms with Gasteiger partial charge in [-0.3, -0.25) is 4.57 Å². The summed E-state index contributed by atoms with van der Waals surface area (Å²) in [6.07, 6.45) is 5.35. The first-order chi connectivity index (χ1) is 9.25. The highest BCUT2D eigenvalue weighted by molar-refractivity contribution is 9.10. The summed E-state index contributed by atoms with van der Waals surface area (Å²) in [7, 11) is 0. The maximum absolute atomic E-state index is 5.61. The maximum atomic E-state index is 5.61. The Morgan fingerprint density at radius 1 is 1.05 bits per heavy atom. The van der Waals surface area contributed by atoms with Crippen LogP contribution < -0.4 is 5.73 Å². The average molecular weight is 315 g/mol. The molecule has 2 aromatic heterocycles. The van der Waals surface area contributed by atoms with Crippen LogP contribution in [0.3, 0.4) is 0 Å². The summed E-state index contributed by atoms with van der Waals surface area (Å²) >= 11 is 3.55. The molecule has 0 amide bonds. The number of nitrogen functional groups attached to an aromatic ring is 1. The molecular weight excluding hydrogens is 304 g/mol. The van der Waals surface area contributed by atoms with Crippen LogP contribution in [-0.2, 0) is 0 Å². The number of rotatable bonds is 2. The second-order valence-corrected chi connectivity index (χ2v) is 4.93. The fraction of sp³-hybridized carbons (Fsp3) is 0. The van der Waals surface area contributed by atoms with Crippen molar-refractivity contribution in [2.45, 2.75) is 0 Å². The molecule has 0 unspecified atom stereocenters. The van der Waals surface area contributed by atoms with Gasteiger partial charge in [-0.05, 0) is 40.2 Å². The van der Waals surface area contributed by atoms with E-state index in [2.05, 4.69) is 25.9 Å². The lowest BCUT2D eigenvalue weighted by molar-refractivity contribution is 1.05. The van der Waals surface area contributed by atoms with Crippen LogP contribution in [0.2, 0.25) is 0 Å². The fourth-order valence-corrected chi connectivity index (χ4v) is 2.38. The maximum Gasteiger partial charge on any atom is 0.123 e. The summed E-state index contributed by atoms with van der Waals surface area (Å²) in [5, 5.41) is 0. The highest BCUT2D eigenvalue weighted by atomic mass is 79.9.